The van der Waals surface area contributed by atoms with Gasteiger partial charge in [-0.15, -0.1) is 0 Å². The van der Waals surface area contributed by atoms with Crippen molar-refractivity contribution in [1.29, 1.82) is 0 Å². The molecular weight excluding hydrogens is 244 g/mol. The molecule has 0 saturated heterocycles. The fourth-order valence-electron chi connectivity index (χ4n) is 2.51. The van der Waals surface area contributed by atoms with Crippen LogP contribution in [-0.2, 0) is 0 Å². The lowest BCUT2D eigenvalue weighted by molar-refractivity contribution is 0.228. The minimum absolute atomic E-state index is 0.439. The van der Waals surface area contributed by atoms with E-state index in [1.165, 1.54) is 24.1 Å². The van der Waals surface area contributed by atoms with Gasteiger partial charge in [-0.3, -0.25) is 0 Å². The summed E-state index contributed by atoms with van der Waals surface area (Å²) in [6.07, 6.45) is 1.18. The molecule has 0 aromatic heterocycles. The van der Waals surface area contributed by atoms with Gasteiger partial charge in [0.1, 0.15) is 0 Å². The molecule has 1 aromatic rings. The average molecular weight is 276 g/mol. The maximum atomic E-state index is 3.70. The van der Waals surface area contributed by atoms with Crippen molar-refractivity contribution in [3.63, 3.8) is 0 Å². The van der Waals surface area contributed by atoms with Crippen LogP contribution in [0.1, 0.15) is 51.3 Å². The lowest BCUT2D eigenvalue weighted by atomic mass is 10.0. The fraction of sp³-hybridized carbons (Fsp3) is 0.667. The van der Waals surface area contributed by atoms with Crippen LogP contribution in [0.2, 0.25) is 0 Å². The Balaban J connectivity index is 2.74. The second-order valence-electron chi connectivity index (χ2n) is 6.16. The van der Waals surface area contributed by atoms with Gasteiger partial charge in [0.25, 0.3) is 0 Å². The van der Waals surface area contributed by atoms with Crippen LogP contribution in [0.4, 0.5) is 0 Å². The molecule has 1 rings (SSSR count). The van der Waals surface area contributed by atoms with E-state index in [2.05, 4.69) is 69.1 Å². The summed E-state index contributed by atoms with van der Waals surface area (Å²) in [4.78, 5) is 2.55. The molecule has 0 amide bonds. The number of aryl methyl sites for hydroxylation is 1. The lowest BCUT2D eigenvalue weighted by Gasteiger charge is -2.29. The first-order valence-electron chi connectivity index (χ1n) is 8.09. The highest BCUT2D eigenvalue weighted by Gasteiger charge is 2.15. The molecule has 0 aliphatic heterocycles. The Morgan fingerprint density at radius 3 is 2.20 bits per heavy atom. The summed E-state index contributed by atoms with van der Waals surface area (Å²) in [6.45, 7) is 15.7. The van der Waals surface area contributed by atoms with E-state index in [0.29, 0.717) is 6.04 Å². The molecule has 0 aliphatic carbocycles. The van der Waals surface area contributed by atoms with Crippen molar-refractivity contribution >= 4 is 0 Å². The van der Waals surface area contributed by atoms with Crippen LogP contribution in [-0.4, -0.2) is 31.1 Å². The predicted molar refractivity (Wildman–Crippen MR) is 89.2 cm³/mol. The van der Waals surface area contributed by atoms with Crippen molar-refractivity contribution in [1.82, 2.24) is 10.2 Å². The van der Waals surface area contributed by atoms with E-state index in [-0.39, 0.29) is 0 Å². The van der Waals surface area contributed by atoms with Crippen LogP contribution in [0.25, 0.3) is 0 Å². The van der Waals surface area contributed by atoms with E-state index < -0.39 is 0 Å². The van der Waals surface area contributed by atoms with Crippen LogP contribution < -0.4 is 5.32 Å². The standard InChI is InChI=1S/C18H32N2/c1-6-12-19-18(14-20(7-2)13-15(3)4)17-10-8-16(5)9-11-17/h8-11,15,18-19H,6-7,12-14H2,1-5H3. The predicted octanol–water partition coefficient (Wildman–Crippen LogP) is 4.01. The number of hydrogen-bond donors (Lipinski definition) is 1. The third-order valence-corrected chi connectivity index (χ3v) is 3.63. The van der Waals surface area contributed by atoms with Gasteiger partial charge in [-0.05, 0) is 37.9 Å². The van der Waals surface area contributed by atoms with Gasteiger partial charge < -0.3 is 10.2 Å². The highest BCUT2D eigenvalue weighted by molar-refractivity contribution is 5.24. The summed E-state index contributed by atoms with van der Waals surface area (Å²) in [6, 6.07) is 9.41. The van der Waals surface area contributed by atoms with Crippen molar-refractivity contribution in [2.45, 2.75) is 47.1 Å². The van der Waals surface area contributed by atoms with E-state index in [9.17, 15) is 0 Å². The molecule has 0 spiro atoms. The fourth-order valence-corrected chi connectivity index (χ4v) is 2.51. The molecule has 0 heterocycles. The molecule has 1 N–H and O–H groups in total. The van der Waals surface area contributed by atoms with Gasteiger partial charge in [0.05, 0.1) is 0 Å². The van der Waals surface area contributed by atoms with Gasteiger partial charge >= 0.3 is 0 Å². The van der Waals surface area contributed by atoms with Crippen LogP contribution in [0, 0.1) is 12.8 Å². The second kappa shape index (κ2) is 9.15. The normalized spacial score (nSPS) is 13.2. The molecule has 114 valence electrons. The third-order valence-electron chi connectivity index (χ3n) is 3.63. The molecule has 1 unspecified atom stereocenters. The molecule has 1 aromatic carbocycles. The van der Waals surface area contributed by atoms with Gasteiger partial charge in [0, 0.05) is 19.1 Å². The minimum atomic E-state index is 0.439. The smallest absolute Gasteiger partial charge is 0.0449 e. The quantitative estimate of drug-likeness (QED) is 0.733. The Kier molecular flexibility index (Phi) is 7.86. The zero-order chi connectivity index (χ0) is 15.0. The Morgan fingerprint density at radius 2 is 1.70 bits per heavy atom. The molecule has 2 heteroatoms. The van der Waals surface area contributed by atoms with Gasteiger partial charge in [-0.2, -0.15) is 0 Å². The topological polar surface area (TPSA) is 15.3 Å². The highest BCUT2D eigenvalue weighted by Crippen LogP contribution is 2.16. The molecule has 1 atom stereocenters. The zero-order valence-corrected chi connectivity index (χ0v) is 13.9. The molecule has 0 saturated carbocycles. The molecule has 0 bridgehead atoms. The first-order valence-corrected chi connectivity index (χ1v) is 8.09. The first kappa shape index (κ1) is 17.2. The Hall–Kier alpha value is -0.860. The van der Waals surface area contributed by atoms with Gasteiger partial charge in [-0.25, -0.2) is 0 Å². The van der Waals surface area contributed by atoms with E-state index in [1.54, 1.807) is 0 Å². The SMILES string of the molecule is CCCNC(CN(CC)CC(C)C)c1ccc(C)cc1. The van der Waals surface area contributed by atoms with E-state index >= 15 is 0 Å². The van der Waals surface area contributed by atoms with E-state index in [0.717, 1.165) is 25.6 Å². The Labute approximate surface area is 125 Å². The average Bonchev–Trinajstić information content (AvgIpc) is 2.42. The second-order valence-corrected chi connectivity index (χ2v) is 6.16. The summed E-state index contributed by atoms with van der Waals surface area (Å²) in [5.74, 6) is 0.722. The maximum Gasteiger partial charge on any atom is 0.0449 e. The lowest BCUT2D eigenvalue weighted by Crippen LogP contribution is -2.37. The van der Waals surface area contributed by atoms with Crippen LogP contribution in [0.15, 0.2) is 24.3 Å². The number of likely N-dealkylation sites (N-methyl/N-ethyl adjacent to an activating group) is 1. The van der Waals surface area contributed by atoms with Crippen LogP contribution in [0.3, 0.4) is 0 Å². The molecule has 0 aliphatic rings. The number of hydrogen-bond acceptors (Lipinski definition) is 2. The summed E-state index contributed by atoms with van der Waals surface area (Å²) >= 11 is 0. The molecule has 0 fully saturated rings. The van der Waals surface area contributed by atoms with Crippen LogP contribution in [0.5, 0.6) is 0 Å². The Bertz CT molecular complexity index is 356. The molecule has 2 nitrogen and oxygen atoms in total. The van der Waals surface area contributed by atoms with Gasteiger partial charge in [0.2, 0.25) is 0 Å². The van der Waals surface area contributed by atoms with Crippen molar-refractivity contribution in [3.05, 3.63) is 35.4 Å². The number of rotatable bonds is 9. The van der Waals surface area contributed by atoms with Gasteiger partial charge in [-0.1, -0.05) is 57.5 Å². The van der Waals surface area contributed by atoms with Crippen molar-refractivity contribution in [3.8, 4) is 0 Å². The zero-order valence-electron chi connectivity index (χ0n) is 13.9. The summed E-state index contributed by atoms with van der Waals surface area (Å²) in [5.41, 5.74) is 2.74. The Morgan fingerprint density at radius 1 is 1.05 bits per heavy atom. The largest absolute Gasteiger partial charge is 0.309 e. The van der Waals surface area contributed by atoms with Gasteiger partial charge in [0.15, 0.2) is 0 Å². The monoisotopic (exact) mass is 276 g/mol. The third kappa shape index (κ3) is 6.06. The van der Waals surface area contributed by atoms with Crippen molar-refractivity contribution in [2.24, 2.45) is 5.92 Å². The summed E-state index contributed by atoms with van der Waals surface area (Å²) in [5, 5.41) is 3.70. The maximum absolute atomic E-state index is 3.70. The first-order chi connectivity index (χ1) is 9.56. The number of nitrogens with one attached hydrogen (secondary N) is 1. The molecule has 20 heavy (non-hydrogen) atoms. The van der Waals surface area contributed by atoms with E-state index in [4.69, 9.17) is 0 Å². The minimum Gasteiger partial charge on any atom is -0.309 e. The summed E-state index contributed by atoms with van der Waals surface area (Å²) in [7, 11) is 0. The number of benzene rings is 1. The van der Waals surface area contributed by atoms with Crippen LogP contribution >= 0.6 is 0 Å². The molecule has 0 radical (unpaired) electrons. The molecular formula is C18H32N2. The highest BCUT2D eigenvalue weighted by atomic mass is 15.1. The number of nitrogens with zero attached hydrogens (tertiary/aromatic N) is 1. The van der Waals surface area contributed by atoms with Crippen molar-refractivity contribution < 1.29 is 0 Å². The van der Waals surface area contributed by atoms with Crippen molar-refractivity contribution in [2.75, 3.05) is 26.2 Å². The van der Waals surface area contributed by atoms with E-state index in [1.807, 2.05) is 0 Å². The summed E-state index contributed by atoms with van der Waals surface area (Å²) < 4.78 is 0.